The molecule has 5 nitrogen and oxygen atoms in total. The van der Waals surface area contributed by atoms with Gasteiger partial charge in [0.2, 0.25) is 5.91 Å². The summed E-state index contributed by atoms with van der Waals surface area (Å²) in [6, 6.07) is 3.55. The zero-order chi connectivity index (χ0) is 12.1. The van der Waals surface area contributed by atoms with Crippen LogP contribution in [0.4, 0.5) is 4.39 Å². The Labute approximate surface area is 90.6 Å². The SMILES string of the molecule is NC(=O)CCOc1c(F)cccc1C(=O)O. The number of amides is 1. The minimum Gasteiger partial charge on any atom is -0.489 e. The highest BCUT2D eigenvalue weighted by atomic mass is 19.1. The molecule has 0 atom stereocenters. The third-order valence-electron chi connectivity index (χ3n) is 1.79. The number of carbonyl (C=O) groups excluding carboxylic acids is 1. The average Bonchev–Trinajstić information content (AvgIpc) is 2.19. The first-order valence-corrected chi connectivity index (χ1v) is 4.45. The van der Waals surface area contributed by atoms with Gasteiger partial charge in [0.15, 0.2) is 11.6 Å². The van der Waals surface area contributed by atoms with Crippen molar-refractivity contribution in [1.29, 1.82) is 0 Å². The van der Waals surface area contributed by atoms with Gasteiger partial charge in [-0.3, -0.25) is 4.79 Å². The van der Waals surface area contributed by atoms with E-state index < -0.39 is 17.7 Å². The Hall–Kier alpha value is -2.11. The number of aromatic carboxylic acids is 1. The summed E-state index contributed by atoms with van der Waals surface area (Å²) in [5, 5.41) is 8.76. The predicted octanol–water partition coefficient (Wildman–Crippen LogP) is 0.778. The van der Waals surface area contributed by atoms with Crippen LogP contribution < -0.4 is 10.5 Å². The Morgan fingerprint density at radius 1 is 1.44 bits per heavy atom. The minimum absolute atomic E-state index is 0.104. The number of carbonyl (C=O) groups is 2. The van der Waals surface area contributed by atoms with Gasteiger partial charge in [-0.05, 0) is 12.1 Å². The first-order chi connectivity index (χ1) is 7.52. The molecule has 16 heavy (non-hydrogen) atoms. The van der Waals surface area contributed by atoms with Gasteiger partial charge in [0.05, 0.1) is 13.0 Å². The number of nitrogens with two attached hydrogens (primary N) is 1. The lowest BCUT2D eigenvalue weighted by Gasteiger charge is -2.08. The number of benzene rings is 1. The van der Waals surface area contributed by atoms with Crippen molar-refractivity contribution in [2.24, 2.45) is 5.73 Å². The molecule has 0 fully saturated rings. The van der Waals surface area contributed by atoms with Crippen molar-refractivity contribution >= 4 is 11.9 Å². The van der Waals surface area contributed by atoms with Crippen molar-refractivity contribution in [2.75, 3.05) is 6.61 Å². The van der Waals surface area contributed by atoms with Gasteiger partial charge in [-0.15, -0.1) is 0 Å². The molecule has 1 aromatic carbocycles. The van der Waals surface area contributed by atoms with Crippen molar-refractivity contribution in [1.82, 2.24) is 0 Å². The Morgan fingerprint density at radius 3 is 2.69 bits per heavy atom. The van der Waals surface area contributed by atoms with Crippen LogP contribution in [0.5, 0.6) is 5.75 Å². The van der Waals surface area contributed by atoms with Gasteiger partial charge >= 0.3 is 5.97 Å². The fourth-order valence-corrected chi connectivity index (χ4v) is 1.08. The third-order valence-corrected chi connectivity index (χ3v) is 1.79. The Morgan fingerprint density at radius 2 is 2.12 bits per heavy atom. The highest BCUT2D eigenvalue weighted by Crippen LogP contribution is 2.22. The summed E-state index contributed by atoms with van der Waals surface area (Å²) < 4.78 is 18.1. The fourth-order valence-electron chi connectivity index (χ4n) is 1.08. The average molecular weight is 227 g/mol. The number of ether oxygens (including phenoxy) is 1. The number of carboxylic acid groups (broad SMARTS) is 1. The van der Waals surface area contributed by atoms with Crippen LogP contribution >= 0.6 is 0 Å². The summed E-state index contributed by atoms with van der Waals surface area (Å²) in [4.78, 5) is 21.2. The highest BCUT2D eigenvalue weighted by Gasteiger charge is 2.15. The van der Waals surface area contributed by atoms with Crippen molar-refractivity contribution in [3.8, 4) is 5.75 Å². The normalized spacial score (nSPS) is 9.81. The van der Waals surface area contributed by atoms with E-state index >= 15 is 0 Å². The maximum atomic E-state index is 13.2. The molecule has 1 rings (SSSR count). The number of hydrogen-bond acceptors (Lipinski definition) is 3. The van der Waals surface area contributed by atoms with Gasteiger partial charge in [0.1, 0.15) is 5.56 Å². The Bertz CT molecular complexity index is 419. The van der Waals surface area contributed by atoms with E-state index in [0.717, 1.165) is 6.07 Å². The lowest BCUT2D eigenvalue weighted by atomic mass is 10.2. The molecule has 0 unspecified atom stereocenters. The molecule has 0 radical (unpaired) electrons. The van der Waals surface area contributed by atoms with Crippen molar-refractivity contribution in [3.63, 3.8) is 0 Å². The third kappa shape index (κ3) is 2.94. The van der Waals surface area contributed by atoms with Gasteiger partial charge in [0, 0.05) is 0 Å². The molecule has 0 aliphatic carbocycles. The van der Waals surface area contributed by atoms with Gasteiger partial charge in [0.25, 0.3) is 0 Å². The Kier molecular flexibility index (Phi) is 3.82. The number of rotatable bonds is 5. The van der Waals surface area contributed by atoms with E-state index in [4.69, 9.17) is 15.6 Å². The lowest BCUT2D eigenvalue weighted by Crippen LogP contribution is -2.15. The molecule has 1 amide bonds. The summed E-state index contributed by atoms with van der Waals surface area (Å²) in [7, 11) is 0. The zero-order valence-corrected chi connectivity index (χ0v) is 8.27. The zero-order valence-electron chi connectivity index (χ0n) is 8.27. The fraction of sp³-hybridized carbons (Fsp3) is 0.200. The first kappa shape index (κ1) is 12.0. The summed E-state index contributed by atoms with van der Waals surface area (Å²) in [5.74, 6) is -3.07. The van der Waals surface area contributed by atoms with E-state index in [0.29, 0.717) is 0 Å². The molecule has 86 valence electrons. The van der Waals surface area contributed by atoms with E-state index in [2.05, 4.69) is 0 Å². The number of para-hydroxylation sites is 1. The van der Waals surface area contributed by atoms with E-state index in [1.165, 1.54) is 12.1 Å². The van der Waals surface area contributed by atoms with E-state index in [9.17, 15) is 14.0 Å². The summed E-state index contributed by atoms with van der Waals surface area (Å²) in [6.45, 7) is -0.156. The van der Waals surface area contributed by atoms with E-state index in [-0.39, 0.29) is 24.3 Å². The van der Waals surface area contributed by atoms with Crippen LogP contribution in [-0.4, -0.2) is 23.6 Å². The molecule has 1 aromatic rings. The highest BCUT2D eigenvalue weighted by molar-refractivity contribution is 5.90. The monoisotopic (exact) mass is 227 g/mol. The second kappa shape index (κ2) is 5.11. The standard InChI is InChI=1S/C10H10FNO4/c11-7-3-1-2-6(10(14)15)9(7)16-5-4-8(12)13/h1-3H,4-5H2,(H2,12,13)(H,14,15). The molecule has 0 saturated heterocycles. The van der Waals surface area contributed by atoms with Gasteiger partial charge in [-0.1, -0.05) is 6.07 Å². The number of hydrogen-bond donors (Lipinski definition) is 2. The molecule has 0 bridgehead atoms. The predicted molar refractivity (Wildman–Crippen MR) is 52.7 cm³/mol. The molecule has 0 heterocycles. The number of carboxylic acids is 1. The maximum Gasteiger partial charge on any atom is 0.339 e. The van der Waals surface area contributed by atoms with Gasteiger partial charge < -0.3 is 15.6 Å². The van der Waals surface area contributed by atoms with Crippen LogP contribution in [0, 0.1) is 5.82 Å². The van der Waals surface area contributed by atoms with Crippen LogP contribution in [-0.2, 0) is 4.79 Å². The molecule has 0 aromatic heterocycles. The largest absolute Gasteiger partial charge is 0.489 e. The number of halogens is 1. The summed E-state index contributed by atoms with van der Waals surface area (Å²) in [6.07, 6.45) is -0.104. The van der Waals surface area contributed by atoms with E-state index in [1.54, 1.807) is 0 Å². The second-order valence-electron chi connectivity index (χ2n) is 2.99. The maximum absolute atomic E-state index is 13.2. The molecule has 0 aliphatic heterocycles. The second-order valence-corrected chi connectivity index (χ2v) is 2.99. The quantitative estimate of drug-likeness (QED) is 0.777. The van der Waals surface area contributed by atoms with Crippen LogP contribution in [0.15, 0.2) is 18.2 Å². The first-order valence-electron chi connectivity index (χ1n) is 4.45. The molecule has 0 saturated carbocycles. The topological polar surface area (TPSA) is 89.6 Å². The smallest absolute Gasteiger partial charge is 0.339 e. The van der Waals surface area contributed by atoms with Gasteiger partial charge in [-0.25, -0.2) is 9.18 Å². The van der Waals surface area contributed by atoms with Crippen molar-refractivity contribution in [3.05, 3.63) is 29.6 Å². The molecule has 0 aliphatic rings. The van der Waals surface area contributed by atoms with Crippen molar-refractivity contribution in [2.45, 2.75) is 6.42 Å². The van der Waals surface area contributed by atoms with Gasteiger partial charge in [-0.2, -0.15) is 0 Å². The minimum atomic E-state index is -1.30. The lowest BCUT2D eigenvalue weighted by molar-refractivity contribution is -0.118. The summed E-state index contributed by atoms with van der Waals surface area (Å²) in [5.41, 5.74) is 4.58. The van der Waals surface area contributed by atoms with Crippen LogP contribution in [0.2, 0.25) is 0 Å². The van der Waals surface area contributed by atoms with Crippen LogP contribution in [0.3, 0.4) is 0 Å². The van der Waals surface area contributed by atoms with Crippen molar-refractivity contribution < 1.29 is 23.8 Å². The number of primary amides is 1. The Balaban J connectivity index is 2.84. The molecular weight excluding hydrogens is 217 g/mol. The molecule has 6 heteroatoms. The van der Waals surface area contributed by atoms with Crippen LogP contribution in [0.1, 0.15) is 16.8 Å². The molecule has 3 N–H and O–H groups in total. The summed E-state index contributed by atoms with van der Waals surface area (Å²) >= 11 is 0. The van der Waals surface area contributed by atoms with E-state index in [1.807, 2.05) is 0 Å². The molecular formula is C10H10FNO4. The van der Waals surface area contributed by atoms with Crippen LogP contribution in [0.25, 0.3) is 0 Å². The molecule has 0 spiro atoms.